The lowest BCUT2D eigenvalue weighted by molar-refractivity contribution is -0.153. The summed E-state index contributed by atoms with van der Waals surface area (Å²) < 4.78 is 6.94. The molecule has 2 aromatic heterocycles. The number of aryl methyl sites for hydroxylation is 1. The molecular weight excluding hydrogens is 386 g/mol. The van der Waals surface area contributed by atoms with E-state index in [0.717, 1.165) is 6.42 Å². The van der Waals surface area contributed by atoms with Crippen molar-refractivity contribution in [2.75, 3.05) is 5.32 Å². The molecule has 2 heterocycles. The fourth-order valence-corrected chi connectivity index (χ4v) is 2.95. The Morgan fingerprint density at radius 3 is 2.77 bits per heavy atom. The smallest absolute Gasteiger partial charge is 0.307 e. The predicted octanol–water partition coefficient (Wildman–Crippen LogP) is 2.59. The van der Waals surface area contributed by atoms with E-state index in [1.807, 2.05) is 13.8 Å². The first kappa shape index (κ1) is 21.2. The molecule has 2 atom stereocenters. The first-order valence-electron chi connectivity index (χ1n) is 9.90. The maximum absolute atomic E-state index is 12.4. The molecule has 0 spiro atoms. The summed E-state index contributed by atoms with van der Waals surface area (Å²) >= 11 is 0. The molecule has 0 aliphatic carbocycles. The zero-order valence-electron chi connectivity index (χ0n) is 17.2. The molecule has 1 aromatic carbocycles. The van der Waals surface area contributed by atoms with Gasteiger partial charge in [0.1, 0.15) is 11.6 Å². The van der Waals surface area contributed by atoms with Crippen LogP contribution in [0, 0.1) is 0 Å². The fraction of sp³-hybridized carbons (Fsp3) is 0.381. The number of carbonyl (C=O) groups is 2. The van der Waals surface area contributed by atoms with E-state index in [2.05, 4.69) is 20.4 Å². The van der Waals surface area contributed by atoms with Crippen molar-refractivity contribution in [2.45, 2.75) is 52.2 Å². The zero-order valence-corrected chi connectivity index (χ0v) is 17.2. The molecule has 9 nitrogen and oxygen atoms in total. The van der Waals surface area contributed by atoms with Crippen molar-refractivity contribution in [2.24, 2.45) is 0 Å². The van der Waals surface area contributed by atoms with Crippen molar-refractivity contribution in [1.82, 2.24) is 19.7 Å². The number of hydrogen-bond acceptors (Lipinski definition) is 6. The predicted molar refractivity (Wildman–Crippen MR) is 112 cm³/mol. The van der Waals surface area contributed by atoms with E-state index >= 15 is 0 Å². The maximum atomic E-state index is 12.4. The second-order valence-electron chi connectivity index (χ2n) is 7.07. The second kappa shape index (κ2) is 9.34. The van der Waals surface area contributed by atoms with Gasteiger partial charge in [-0.1, -0.05) is 19.1 Å². The van der Waals surface area contributed by atoms with Gasteiger partial charge in [-0.3, -0.25) is 14.4 Å². The van der Waals surface area contributed by atoms with Crippen LogP contribution in [0.3, 0.4) is 0 Å². The van der Waals surface area contributed by atoms with Gasteiger partial charge in [0.25, 0.3) is 11.5 Å². The number of nitrogens with zero attached hydrogens (tertiary/aromatic N) is 3. The third kappa shape index (κ3) is 4.91. The SMILES string of the molecule is CC[C@H](C)n1nccc1NC(=O)[C@H](C)OC(=O)CCc1nc2ccccc2c(=O)[nH]1. The highest BCUT2D eigenvalue weighted by Crippen LogP contribution is 2.17. The molecule has 0 radical (unpaired) electrons. The average Bonchev–Trinajstić information content (AvgIpc) is 3.19. The van der Waals surface area contributed by atoms with Crippen LogP contribution >= 0.6 is 0 Å². The van der Waals surface area contributed by atoms with Crippen LogP contribution in [-0.2, 0) is 20.7 Å². The van der Waals surface area contributed by atoms with Crippen molar-refractivity contribution < 1.29 is 14.3 Å². The standard InChI is InChI=1S/C21H25N5O4/c1-4-13(2)26-18(11-12-22-26)25-20(28)14(3)30-19(27)10-9-17-23-16-8-6-5-7-15(16)21(29)24-17/h5-8,11-14H,4,9-10H2,1-3H3,(H,25,28)(H,23,24,29)/t13-,14-/m0/s1. The number of para-hydroxylation sites is 1. The minimum Gasteiger partial charge on any atom is -0.453 e. The van der Waals surface area contributed by atoms with Crippen LogP contribution in [0.1, 0.15) is 45.5 Å². The Labute approximate surface area is 173 Å². The number of hydrogen-bond donors (Lipinski definition) is 2. The molecule has 0 aliphatic heterocycles. The Bertz CT molecular complexity index is 1100. The summed E-state index contributed by atoms with van der Waals surface area (Å²) in [6, 6.07) is 8.80. The minimum atomic E-state index is -0.971. The lowest BCUT2D eigenvalue weighted by Gasteiger charge is -2.17. The summed E-state index contributed by atoms with van der Waals surface area (Å²) in [6.45, 7) is 5.53. The molecule has 1 amide bonds. The van der Waals surface area contributed by atoms with Gasteiger partial charge in [0.2, 0.25) is 0 Å². The number of aromatic amines is 1. The highest BCUT2D eigenvalue weighted by atomic mass is 16.5. The van der Waals surface area contributed by atoms with Crippen LogP contribution in [0.5, 0.6) is 0 Å². The number of anilines is 1. The van der Waals surface area contributed by atoms with Crippen molar-refractivity contribution in [3.05, 3.63) is 52.7 Å². The van der Waals surface area contributed by atoms with Gasteiger partial charge >= 0.3 is 5.97 Å². The van der Waals surface area contributed by atoms with Gasteiger partial charge in [0.05, 0.1) is 29.6 Å². The molecule has 30 heavy (non-hydrogen) atoms. The molecule has 3 aromatic rings. The molecule has 158 valence electrons. The number of carbonyl (C=O) groups excluding carboxylic acids is 2. The number of amides is 1. The number of rotatable bonds is 8. The van der Waals surface area contributed by atoms with Crippen LogP contribution in [-0.4, -0.2) is 37.7 Å². The number of benzene rings is 1. The van der Waals surface area contributed by atoms with Crippen LogP contribution in [0.15, 0.2) is 41.3 Å². The number of esters is 1. The van der Waals surface area contributed by atoms with Crippen molar-refractivity contribution >= 4 is 28.6 Å². The average molecular weight is 411 g/mol. The summed E-state index contributed by atoms with van der Waals surface area (Å²) in [6.07, 6.45) is 1.69. The van der Waals surface area contributed by atoms with Gasteiger partial charge in [0.15, 0.2) is 6.10 Å². The highest BCUT2D eigenvalue weighted by Gasteiger charge is 2.20. The lowest BCUT2D eigenvalue weighted by atomic mass is 10.2. The van der Waals surface area contributed by atoms with Crippen molar-refractivity contribution in [3.63, 3.8) is 0 Å². The van der Waals surface area contributed by atoms with Gasteiger partial charge in [-0.2, -0.15) is 5.10 Å². The minimum absolute atomic E-state index is 0.0102. The summed E-state index contributed by atoms with van der Waals surface area (Å²) in [4.78, 5) is 43.7. The molecule has 0 unspecified atom stereocenters. The first-order chi connectivity index (χ1) is 14.4. The molecule has 2 N–H and O–H groups in total. The largest absolute Gasteiger partial charge is 0.453 e. The quantitative estimate of drug-likeness (QED) is 0.550. The van der Waals surface area contributed by atoms with Gasteiger partial charge in [-0.25, -0.2) is 9.67 Å². The summed E-state index contributed by atoms with van der Waals surface area (Å²) in [7, 11) is 0. The van der Waals surface area contributed by atoms with Gasteiger partial charge in [-0.05, 0) is 32.4 Å². The van der Waals surface area contributed by atoms with E-state index in [1.54, 1.807) is 41.2 Å². The summed E-state index contributed by atoms with van der Waals surface area (Å²) in [5.41, 5.74) is 0.310. The lowest BCUT2D eigenvalue weighted by Crippen LogP contribution is -2.31. The Hall–Kier alpha value is -3.49. The number of ether oxygens (including phenoxy) is 1. The van der Waals surface area contributed by atoms with E-state index < -0.39 is 18.0 Å². The molecule has 3 rings (SSSR count). The third-order valence-electron chi connectivity index (χ3n) is 4.84. The molecular formula is C21H25N5O4. The number of nitrogens with one attached hydrogen (secondary N) is 2. The van der Waals surface area contributed by atoms with Crippen LogP contribution in [0.25, 0.3) is 10.9 Å². The molecule has 0 bridgehead atoms. The number of fused-ring (bicyclic) bond motifs is 1. The van der Waals surface area contributed by atoms with E-state index in [4.69, 9.17) is 4.74 Å². The first-order valence-corrected chi connectivity index (χ1v) is 9.90. The van der Waals surface area contributed by atoms with Gasteiger partial charge in [-0.15, -0.1) is 0 Å². The Kier molecular flexibility index (Phi) is 6.61. The summed E-state index contributed by atoms with van der Waals surface area (Å²) in [5.74, 6) is -0.0464. The Morgan fingerprint density at radius 2 is 2.00 bits per heavy atom. The molecule has 0 aliphatic rings. The fourth-order valence-electron chi connectivity index (χ4n) is 2.95. The molecule has 0 saturated heterocycles. The monoisotopic (exact) mass is 411 g/mol. The van der Waals surface area contributed by atoms with Crippen molar-refractivity contribution in [1.29, 1.82) is 0 Å². The van der Waals surface area contributed by atoms with E-state index in [-0.39, 0.29) is 24.4 Å². The zero-order chi connectivity index (χ0) is 21.7. The number of aromatic nitrogens is 4. The molecule has 0 saturated carbocycles. The highest BCUT2D eigenvalue weighted by molar-refractivity contribution is 5.94. The summed E-state index contributed by atoms with van der Waals surface area (Å²) in [5, 5.41) is 7.44. The van der Waals surface area contributed by atoms with Gasteiger partial charge < -0.3 is 15.0 Å². The van der Waals surface area contributed by atoms with Gasteiger partial charge in [0, 0.05) is 12.5 Å². The van der Waals surface area contributed by atoms with Crippen LogP contribution < -0.4 is 10.9 Å². The van der Waals surface area contributed by atoms with E-state index in [1.165, 1.54) is 6.92 Å². The van der Waals surface area contributed by atoms with Crippen molar-refractivity contribution in [3.8, 4) is 0 Å². The van der Waals surface area contributed by atoms with Crippen LogP contribution in [0.4, 0.5) is 5.82 Å². The molecule has 0 fully saturated rings. The normalized spacial score (nSPS) is 13.0. The van der Waals surface area contributed by atoms with Crippen LogP contribution in [0.2, 0.25) is 0 Å². The number of H-pyrrole nitrogens is 1. The third-order valence-corrected chi connectivity index (χ3v) is 4.84. The second-order valence-corrected chi connectivity index (χ2v) is 7.07. The van der Waals surface area contributed by atoms with E-state index in [0.29, 0.717) is 22.5 Å². The Morgan fingerprint density at radius 1 is 1.23 bits per heavy atom. The maximum Gasteiger partial charge on any atom is 0.307 e. The Balaban J connectivity index is 1.55. The molecule has 9 heteroatoms. The van der Waals surface area contributed by atoms with E-state index in [9.17, 15) is 14.4 Å². The topological polar surface area (TPSA) is 119 Å².